The van der Waals surface area contributed by atoms with Gasteiger partial charge in [0.2, 0.25) is 0 Å². The van der Waals surface area contributed by atoms with Crippen LogP contribution in [0.1, 0.15) is 22.5 Å². The quantitative estimate of drug-likeness (QED) is 0.635. The normalized spacial score (nSPS) is 13.5. The average Bonchev–Trinajstić information content (AvgIpc) is 3.48. The van der Waals surface area contributed by atoms with Crippen molar-refractivity contribution in [1.82, 2.24) is 20.2 Å². The predicted molar refractivity (Wildman–Crippen MR) is 104 cm³/mol. The molecule has 28 heavy (non-hydrogen) atoms. The zero-order valence-electron chi connectivity index (χ0n) is 14.9. The second kappa shape index (κ2) is 8.17. The van der Waals surface area contributed by atoms with Gasteiger partial charge in [0.25, 0.3) is 5.91 Å². The Morgan fingerprint density at radius 3 is 2.64 bits per heavy atom. The van der Waals surface area contributed by atoms with Crippen LogP contribution in [0.5, 0.6) is 0 Å². The number of thiophene rings is 1. The molecule has 1 saturated heterocycles. The minimum atomic E-state index is -0.597. The van der Waals surface area contributed by atoms with Gasteiger partial charge >= 0.3 is 5.97 Å². The number of esters is 1. The number of aromatic nitrogens is 4. The van der Waals surface area contributed by atoms with Gasteiger partial charge in [-0.3, -0.25) is 4.79 Å². The highest BCUT2D eigenvalue weighted by atomic mass is 32.1. The number of carbonyl (C=O) groups excluding carboxylic acids is 2. The number of benzene rings is 1. The zero-order chi connectivity index (χ0) is 19.3. The fraction of sp³-hybridized carbons (Fsp3) is 0.278. The molecule has 10 heteroatoms. The van der Waals surface area contributed by atoms with Gasteiger partial charge in [0.05, 0.1) is 5.69 Å². The maximum absolute atomic E-state index is 12.3. The van der Waals surface area contributed by atoms with Crippen LogP contribution >= 0.6 is 11.3 Å². The highest BCUT2D eigenvalue weighted by Gasteiger charge is 2.18. The second-order valence-corrected chi connectivity index (χ2v) is 7.17. The molecular formula is C18H18N6O3S. The van der Waals surface area contributed by atoms with Gasteiger partial charge in [0.1, 0.15) is 11.2 Å². The van der Waals surface area contributed by atoms with E-state index in [4.69, 9.17) is 4.74 Å². The minimum Gasteiger partial charge on any atom is -0.451 e. The summed E-state index contributed by atoms with van der Waals surface area (Å²) in [5.41, 5.74) is 2.32. The monoisotopic (exact) mass is 398 g/mol. The van der Waals surface area contributed by atoms with E-state index in [0.717, 1.165) is 18.8 Å². The van der Waals surface area contributed by atoms with Gasteiger partial charge in [0, 0.05) is 24.5 Å². The first-order valence-electron chi connectivity index (χ1n) is 8.83. The summed E-state index contributed by atoms with van der Waals surface area (Å²) >= 11 is 1.20. The lowest BCUT2D eigenvalue weighted by atomic mass is 10.2. The van der Waals surface area contributed by atoms with Crippen molar-refractivity contribution in [2.75, 3.05) is 29.9 Å². The largest absolute Gasteiger partial charge is 0.451 e. The van der Waals surface area contributed by atoms with Gasteiger partial charge in [-0.15, -0.1) is 16.4 Å². The van der Waals surface area contributed by atoms with E-state index >= 15 is 0 Å². The summed E-state index contributed by atoms with van der Waals surface area (Å²) < 4.78 is 6.50. The van der Waals surface area contributed by atoms with E-state index in [1.807, 2.05) is 24.3 Å². The third-order valence-corrected chi connectivity index (χ3v) is 5.27. The van der Waals surface area contributed by atoms with Gasteiger partial charge in [-0.2, -0.15) is 4.68 Å². The van der Waals surface area contributed by atoms with Crippen LogP contribution in [0.2, 0.25) is 0 Å². The maximum atomic E-state index is 12.3. The van der Waals surface area contributed by atoms with Crippen LogP contribution in [0.25, 0.3) is 5.69 Å². The number of nitrogens with zero attached hydrogens (tertiary/aromatic N) is 5. The predicted octanol–water partition coefficient (Wildman–Crippen LogP) is 2.12. The molecule has 3 heterocycles. The third kappa shape index (κ3) is 4.01. The van der Waals surface area contributed by atoms with Crippen molar-refractivity contribution in [2.45, 2.75) is 12.8 Å². The Morgan fingerprint density at radius 2 is 1.93 bits per heavy atom. The summed E-state index contributed by atoms with van der Waals surface area (Å²) in [4.78, 5) is 27.0. The lowest BCUT2D eigenvalue weighted by Crippen LogP contribution is -2.21. The third-order valence-electron chi connectivity index (χ3n) is 4.38. The van der Waals surface area contributed by atoms with Crippen LogP contribution in [0, 0.1) is 0 Å². The zero-order valence-corrected chi connectivity index (χ0v) is 15.8. The SMILES string of the molecule is O=C(COC(=O)c1sccc1-n1cnnn1)Nc1ccc(N2CCCC2)cc1. The first-order valence-corrected chi connectivity index (χ1v) is 9.71. The van der Waals surface area contributed by atoms with Crippen molar-refractivity contribution in [1.29, 1.82) is 0 Å². The van der Waals surface area contributed by atoms with Crippen molar-refractivity contribution < 1.29 is 14.3 Å². The van der Waals surface area contributed by atoms with Gasteiger partial charge in [0.15, 0.2) is 6.61 Å². The van der Waals surface area contributed by atoms with Gasteiger partial charge in [-0.05, 0) is 59.0 Å². The molecule has 0 atom stereocenters. The highest BCUT2D eigenvalue weighted by molar-refractivity contribution is 7.12. The molecule has 1 aliphatic rings. The first-order chi connectivity index (χ1) is 13.7. The molecule has 0 radical (unpaired) electrons. The molecule has 9 nitrogen and oxygen atoms in total. The number of ether oxygens (including phenoxy) is 1. The van der Waals surface area contributed by atoms with Crippen LogP contribution in [-0.4, -0.2) is 51.8 Å². The number of hydrogen-bond donors (Lipinski definition) is 1. The van der Waals surface area contributed by atoms with Crippen molar-refractivity contribution in [3.05, 3.63) is 46.9 Å². The molecule has 1 fully saturated rings. The topological polar surface area (TPSA) is 102 Å². The minimum absolute atomic E-state index is 0.329. The Balaban J connectivity index is 1.31. The highest BCUT2D eigenvalue weighted by Crippen LogP contribution is 2.23. The molecule has 0 spiro atoms. The second-order valence-electron chi connectivity index (χ2n) is 6.25. The fourth-order valence-electron chi connectivity index (χ4n) is 3.03. The average molecular weight is 398 g/mol. The van der Waals surface area contributed by atoms with Crippen LogP contribution in [0.3, 0.4) is 0 Å². The van der Waals surface area contributed by atoms with E-state index in [9.17, 15) is 9.59 Å². The van der Waals surface area contributed by atoms with Crippen LogP contribution in [-0.2, 0) is 9.53 Å². The molecule has 0 aliphatic carbocycles. The van der Waals surface area contributed by atoms with E-state index in [0.29, 0.717) is 16.3 Å². The number of tetrazole rings is 1. The molecule has 1 N–H and O–H groups in total. The Morgan fingerprint density at radius 1 is 1.14 bits per heavy atom. The van der Waals surface area contributed by atoms with Crippen molar-refractivity contribution in [2.24, 2.45) is 0 Å². The molecule has 3 aromatic rings. The number of anilines is 2. The van der Waals surface area contributed by atoms with Crippen LogP contribution in [0.4, 0.5) is 11.4 Å². The summed E-state index contributed by atoms with van der Waals surface area (Å²) in [5.74, 6) is -0.997. The van der Waals surface area contributed by atoms with Gasteiger partial charge in [-0.1, -0.05) is 0 Å². The summed E-state index contributed by atoms with van der Waals surface area (Å²) in [7, 11) is 0. The molecule has 1 amide bonds. The van der Waals surface area contributed by atoms with E-state index in [2.05, 4.69) is 25.7 Å². The molecular weight excluding hydrogens is 380 g/mol. The molecule has 1 aliphatic heterocycles. The molecule has 0 unspecified atom stereocenters. The Kier molecular flexibility index (Phi) is 5.29. The van der Waals surface area contributed by atoms with Crippen molar-refractivity contribution >= 4 is 34.6 Å². The molecule has 2 aromatic heterocycles. The molecule has 4 rings (SSSR count). The van der Waals surface area contributed by atoms with Crippen LogP contribution in [0.15, 0.2) is 42.0 Å². The van der Waals surface area contributed by atoms with Crippen molar-refractivity contribution in [3.8, 4) is 5.69 Å². The van der Waals surface area contributed by atoms with Crippen molar-refractivity contribution in [3.63, 3.8) is 0 Å². The number of hydrogen-bond acceptors (Lipinski definition) is 8. The molecule has 144 valence electrons. The number of nitrogens with one attached hydrogen (secondary N) is 1. The summed E-state index contributed by atoms with van der Waals surface area (Å²) in [6.45, 7) is 1.76. The smallest absolute Gasteiger partial charge is 0.351 e. The molecule has 1 aromatic carbocycles. The number of amides is 1. The lowest BCUT2D eigenvalue weighted by Gasteiger charge is -2.17. The summed E-state index contributed by atoms with van der Waals surface area (Å²) in [6, 6.07) is 9.37. The fourth-order valence-corrected chi connectivity index (χ4v) is 3.80. The first kappa shape index (κ1) is 18.1. The Labute approximate surface area is 164 Å². The van der Waals surface area contributed by atoms with E-state index < -0.39 is 11.9 Å². The molecule has 0 saturated carbocycles. The van der Waals surface area contributed by atoms with Gasteiger partial charge < -0.3 is 15.0 Å². The standard InChI is InChI=1S/C18H18N6O3S/c25-16(20-13-3-5-14(6-4-13)23-8-1-2-9-23)11-27-18(26)17-15(7-10-28-17)24-12-19-21-22-24/h3-7,10,12H,1-2,8-9,11H2,(H,20,25). The Bertz CT molecular complexity index is 948. The summed E-state index contributed by atoms with van der Waals surface area (Å²) in [5, 5.41) is 15.3. The number of carbonyl (C=O) groups is 2. The van der Waals surface area contributed by atoms with Crippen LogP contribution < -0.4 is 10.2 Å². The summed E-state index contributed by atoms with van der Waals surface area (Å²) in [6.07, 6.45) is 3.81. The van der Waals surface area contributed by atoms with E-state index in [1.165, 1.54) is 35.2 Å². The lowest BCUT2D eigenvalue weighted by molar-refractivity contribution is -0.119. The maximum Gasteiger partial charge on any atom is 0.351 e. The van der Waals surface area contributed by atoms with Gasteiger partial charge in [-0.25, -0.2) is 4.79 Å². The van der Waals surface area contributed by atoms with E-state index in [1.54, 1.807) is 11.4 Å². The Hall–Kier alpha value is -3.27. The molecule has 0 bridgehead atoms. The number of rotatable bonds is 6. The van der Waals surface area contributed by atoms with E-state index in [-0.39, 0.29) is 6.61 Å².